The van der Waals surface area contributed by atoms with E-state index in [9.17, 15) is 14.4 Å². The van der Waals surface area contributed by atoms with Crippen LogP contribution < -0.4 is 5.56 Å². The normalized spacial score (nSPS) is 10.4. The molecule has 0 bridgehead atoms. The quantitative estimate of drug-likeness (QED) is 0.571. The Balaban J connectivity index is 1.60. The molecule has 1 heterocycles. The Morgan fingerprint density at radius 3 is 2.24 bits per heavy atom. The van der Waals surface area contributed by atoms with E-state index in [0.29, 0.717) is 16.5 Å². The van der Waals surface area contributed by atoms with Crippen LogP contribution in [0.4, 0.5) is 0 Å². The summed E-state index contributed by atoms with van der Waals surface area (Å²) < 4.78 is 10.2. The second kappa shape index (κ2) is 7.44. The molecule has 126 valence electrons. The summed E-state index contributed by atoms with van der Waals surface area (Å²) in [5, 5.41) is 0.591. The van der Waals surface area contributed by atoms with E-state index in [4.69, 9.17) is 9.47 Å². The van der Waals surface area contributed by atoms with Gasteiger partial charge in [0, 0.05) is 17.0 Å². The van der Waals surface area contributed by atoms with E-state index in [-0.39, 0.29) is 24.3 Å². The molecular weight excluding hydrogens is 322 g/mol. The largest absolute Gasteiger partial charge is 0.458 e. The molecule has 6 heteroatoms. The van der Waals surface area contributed by atoms with Gasteiger partial charge in [0.2, 0.25) is 5.56 Å². The fraction of sp³-hybridized carbons (Fsp3) is 0.105. The maximum absolute atomic E-state index is 12.2. The van der Waals surface area contributed by atoms with Crippen LogP contribution in [0.1, 0.15) is 20.7 Å². The van der Waals surface area contributed by atoms with Gasteiger partial charge in [0.1, 0.15) is 13.2 Å². The maximum atomic E-state index is 12.2. The first-order valence-corrected chi connectivity index (χ1v) is 7.66. The van der Waals surface area contributed by atoms with Gasteiger partial charge < -0.3 is 14.5 Å². The maximum Gasteiger partial charge on any atom is 0.339 e. The van der Waals surface area contributed by atoms with Gasteiger partial charge in [-0.3, -0.25) is 4.79 Å². The summed E-state index contributed by atoms with van der Waals surface area (Å²) in [6.07, 6.45) is 0. The van der Waals surface area contributed by atoms with E-state index in [2.05, 4.69) is 4.98 Å². The van der Waals surface area contributed by atoms with Crippen LogP contribution in [0.25, 0.3) is 10.9 Å². The summed E-state index contributed by atoms with van der Waals surface area (Å²) in [6, 6.07) is 16.7. The zero-order valence-corrected chi connectivity index (χ0v) is 13.2. The van der Waals surface area contributed by atoms with E-state index in [1.807, 2.05) is 0 Å². The van der Waals surface area contributed by atoms with Crippen molar-refractivity contribution < 1.29 is 19.1 Å². The second-order valence-corrected chi connectivity index (χ2v) is 5.23. The molecule has 1 N–H and O–H groups in total. The van der Waals surface area contributed by atoms with Crippen LogP contribution in [-0.4, -0.2) is 30.1 Å². The Labute approximate surface area is 143 Å². The first-order valence-electron chi connectivity index (χ1n) is 7.66. The Morgan fingerprint density at radius 2 is 1.48 bits per heavy atom. The molecule has 2 aromatic carbocycles. The van der Waals surface area contributed by atoms with Crippen LogP contribution in [0.3, 0.4) is 0 Å². The smallest absolute Gasteiger partial charge is 0.339 e. The molecule has 3 aromatic rings. The third-order valence-corrected chi connectivity index (χ3v) is 3.53. The van der Waals surface area contributed by atoms with Crippen molar-refractivity contribution in [3.8, 4) is 0 Å². The van der Waals surface area contributed by atoms with Crippen LogP contribution in [0, 0.1) is 0 Å². The Hall–Kier alpha value is -3.41. The van der Waals surface area contributed by atoms with Crippen molar-refractivity contribution in [1.29, 1.82) is 0 Å². The lowest BCUT2D eigenvalue weighted by atomic mass is 10.1. The molecule has 0 spiro atoms. The van der Waals surface area contributed by atoms with Crippen LogP contribution >= 0.6 is 0 Å². The van der Waals surface area contributed by atoms with E-state index in [1.54, 1.807) is 54.6 Å². The fourth-order valence-electron chi connectivity index (χ4n) is 2.38. The molecule has 0 unspecified atom stereocenters. The molecule has 0 radical (unpaired) electrons. The number of hydrogen-bond acceptors (Lipinski definition) is 5. The second-order valence-electron chi connectivity index (χ2n) is 5.23. The number of hydrogen-bond donors (Lipinski definition) is 1. The zero-order chi connectivity index (χ0) is 17.6. The van der Waals surface area contributed by atoms with Crippen LogP contribution in [0.5, 0.6) is 0 Å². The number of esters is 2. The average Bonchev–Trinajstić information content (AvgIpc) is 2.64. The molecule has 0 fully saturated rings. The average molecular weight is 337 g/mol. The highest BCUT2D eigenvalue weighted by molar-refractivity contribution is 6.03. The van der Waals surface area contributed by atoms with E-state index in [1.165, 1.54) is 6.07 Å². The fourth-order valence-corrected chi connectivity index (χ4v) is 2.38. The van der Waals surface area contributed by atoms with Crippen molar-refractivity contribution in [3.05, 3.63) is 82.1 Å². The number of para-hydroxylation sites is 1. The topological polar surface area (TPSA) is 85.5 Å². The number of rotatable bonds is 5. The molecule has 25 heavy (non-hydrogen) atoms. The van der Waals surface area contributed by atoms with Crippen molar-refractivity contribution in [3.63, 3.8) is 0 Å². The van der Waals surface area contributed by atoms with Gasteiger partial charge in [-0.1, -0.05) is 36.4 Å². The number of aromatic nitrogens is 1. The monoisotopic (exact) mass is 337 g/mol. The van der Waals surface area contributed by atoms with Gasteiger partial charge in [-0.25, -0.2) is 9.59 Å². The molecule has 3 rings (SSSR count). The highest BCUT2D eigenvalue weighted by Crippen LogP contribution is 2.15. The minimum atomic E-state index is -0.641. The van der Waals surface area contributed by atoms with E-state index in [0.717, 1.165) is 0 Å². The Kier molecular flexibility index (Phi) is 4.89. The molecule has 0 aliphatic rings. The van der Waals surface area contributed by atoms with E-state index >= 15 is 0 Å². The highest BCUT2D eigenvalue weighted by Gasteiger charge is 2.13. The van der Waals surface area contributed by atoms with Crippen molar-refractivity contribution in [2.24, 2.45) is 0 Å². The molecule has 0 saturated heterocycles. The number of carbonyl (C=O) groups is 2. The lowest BCUT2D eigenvalue weighted by molar-refractivity contribution is 0.0267. The summed E-state index contributed by atoms with van der Waals surface area (Å²) in [5.41, 5.74) is 0.766. The van der Waals surface area contributed by atoms with E-state index < -0.39 is 11.9 Å². The Morgan fingerprint density at radius 1 is 0.840 bits per heavy atom. The first-order chi connectivity index (χ1) is 12.1. The summed E-state index contributed by atoms with van der Waals surface area (Å²) in [7, 11) is 0. The molecule has 0 saturated carbocycles. The molecule has 0 amide bonds. The molecule has 1 aromatic heterocycles. The third-order valence-electron chi connectivity index (χ3n) is 3.53. The third kappa shape index (κ3) is 3.92. The van der Waals surface area contributed by atoms with Gasteiger partial charge in [-0.15, -0.1) is 0 Å². The van der Waals surface area contributed by atoms with Crippen molar-refractivity contribution in [2.45, 2.75) is 0 Å². The molecular formula is C19H15NO5. The van der Waals surface area contributed by atoms with Crippen molar-refractivity contribution >= 4 is 22.8 Å². The zero-order valence-electron chi connectivity index (χ0n) is 13.2. The number of benzene rings is 2. The van der Waals surface area contributed by atoms with Crippen LogP contribution in [0.15, 0.2) is 65.5 Å². The first kappa shape index (κ1) is 16.4. The number of pyridine rings is 1. The lowest BCUT2D eigenvalue weighted by Crippen LogP contribution is -2.16. The molecule has 0 aliphatic heterocycles. The minimum absolute atomic E-state index is 0.0689. The Bertz CT molecular complexity index is 962. The highest BCUT2D eigenvalue weighted by atomic mass is 16.6. The summed E-state index contributed by atoms with van der Waals surface area (Å²) in [6.45, 7) is -0.168. The number of aromatic amines is 1. The number of fused-ring (bicyclic) bond motifs is 1. The van der Waals surface area contributed by atoms with Crippen molar-refractivity contribution in [1.82, 2.24) is 4.98 Å². The van der Waals surface area contributed by atoms with Crippen LogP contribution in [0.2, 0.25) is 0 Å². The number of ether oxygens (including phenoxy) is 2. The van der Waals surface area contributed by atoms with Crippen molar-refractivity contribution in [2.75, 3.05) is 13.2 Å². The predicted molar refractivity (Wildman–Crippen MR) is 91.6 cm³/mol. The summed E-state index contributed by atoms with van der Waals surface area (Å²) in [5.74, 6) is -1.13. The standard InChI is InChI=1S/C19H15NO5/c21-17-12-15(14-8-4-5-9-16(14)20-17)19(23)25-11-10-24-18(22)13-6-2-1-3-7-13/h1-9,12H,10-11H2,(H,20,21). The van der Waals surface area contributed by atoms with Gasteiger partial charge in [0.05, 0.1) is 11.1 Å². The molecule has 0 aliphatic carbocycles. The predicted octanol–water partition coefficient (Wildman–Crippen LogP) is 2.54. The number of carbonyl (C=O) groups excluding carboxylic acids is 2. The lowest BCUT2D eigenvalue weighted by Gasteiger charge is -2.08. The minimum Gasteiger partial charge on any atom is -0.458 e. The van der Waals surface area contributed by atoms with Gasteiger partial charge in [0.25, 0.3) is 0 Å². The summed E-state index contributed by atoms with van der Waals surface area (Å²) >= 11 is 0. The summed E-state index contributed by atoms with van der Waals surface area (Å²) in [4.78, 5) is 38.3. The van der Waals surface area contributed by atoms with Gasteiger partial charge in [-0.2, -0.15) is 0 Å². The van der Waals surface area contributed by atoms with Crippen LogP contribution in [-0.2, 0) is 9.47 Å². The SMILES string of the molecule is O=C(OCCOC(=O)c1cc(=O)[nH]c2ccccc12)c1ccccc1. The number of H-pyrrole nitrogens is 1. The van der Waals surface area contributed by atoms with Gasteiger partial charge >= 0.3 is 11.9 Å². The number of nitrogens with one attached hydrogen (secondary N) is 1. The molecule has 0 atom stereocenters. The van der Waals surface area contributed by atoms with Gasteiger partial charge in [-0.05, 0) is 18.2 Å². The van der Waals surface area contributed by atoms with Gasteiger partial charge in [0.15, 0.2) is 0 Å². The molecule has 6 nitrogen and oxygen atoms in total.